The Balaban J connectivity index is 1.73. The average molecular weight is 269 g/mol. The van der Waals surface area contributed by atoms with Gasteiger partial charge in [-0.05, 0) is 37.1 Å². The highest BCUT2D eigenvalue weighted by Crippen LogP contribution is 2.11. The molecule has 1 aromatic heterocycles. The highest BCUT2D eigenvalue weighted by Gasteiger charge is 2.07. The fourth-order valence-corrected chi connectivity index (χ4v) is 1.94. The van der Waals surface area contributed by atoms with E-state index < -0.39 is 0 Å². The molecule has 0 radical (unpaired) electrons. The minimum absolute atomic E-state index is 0.0396. The van der Waals surface area contributed by atoms with Crippen molar-refractivity contribution in [3.8, 4) is 0 Å². The molecular formula is C17H19NO2. The highest BCUT2D eigenvalue weighted by molar-refractivity contribution is 5.76. The van der Waals surface area contributed by atoms with E-state index in [0.29, 0.717) is 12.8 Å². The quantitative estimate of drug-likeness (QED) is 0.862. The first-order valence-electron chi connectivity index (χ1n) is 6.80. The lowest BCUT2D eigenvalue weighted by Crippen LogP contribution is -2.26. The zero-order valence-electron chi connectivity index (χ0n) is 11.6. The van der Waals surface area contributed by atoms with E-state index in [0.717, 1.165) is 11.3 Å². The number of benzene rings is 1. The molecule has 0 spiro atoms. The summed E-state index contributed by atoms with van der Waals surface area (Å²) >= 11 is 0. The van der Waals surface area contributed by atoms with E-state index in [9.17, 15) is 4.79 Å². The fraction of sp³-hybridized carbons (Fsp3) is 0.235. The van der Waals surface area contributed by atoms with Crippen LogP contribution in [0.4, 0.5) is 0 Å². The summed E-state index contributed by atoms with van der Waals surface area (Å²) in [5.41, 5.74) is 1.12. The number of amides is 1. The number of carbonyl (C=O) groups is 1. The fourth-order valence-electron chi connectivity index (χ4n) is 1.94. The third-order valence-electron chi connectivity index (χ3n) is 3.04. The molecule has 3 heteroatoms. The van der Waals surface area contributed by atoms with Crippen molar-refractivity contribution in [3.63, 3.8) is 0 Å². The van der Waals surface area contributed by atoms with Gasteiger partial charge >= 0.3 is 0 Å². The summed E-state index contributed by atoms with van der Waals surface area (Å²) in [5.74, 6) is 0.869. The van der Waals surface area contributed by atoms with E-state index in [1.165, 1.54) is 0 Å². The lowest BCUT2D eigenvalue weighted by Gasteiger charge is -2.13. The van der Waals surface area contributed by atoms with Crippen molar-refractivity contribution in [1.82, 2.24) is 5.32 Å². The Labute approximate surface area is 119 Å². The minimum atomic E-state index is 0.0396. The van der Waals surface area contributed by atoms with E-state index in [-0.39, 0.29) is 11.9 Å². The van der Waals surface area contributed by atoms with Gasteiger partial charge in [0.15, 0.2) is 0 Å². The first-order chi connectivity index (χ1) is 9.75. The Morgan fingerprint density at radius 2 is 2.05 bits per heavy atom. The Hall–Kier alpha value is -2.29. The van der Waals surface area contributed by atoms with Crippen molar-refractivity contribution in [2.45, 2.75) is 25.8 Å². The molecule has 1 aromatic carbocycles. The van der Waals surface area contributed by atoms with Crippen molar-refractivity contribution in [2.75, 3.05) is 0 Å². The standard InChI is InChI=1S/C17H19NO2/c1-14(15-8-3-2-4-9-15)18-17(19)12-6-5-10-16-11-7-13-20-16/h2-5,7-11,13-14H,6,12H2,1H3,(H,18,19)/b10-5-. The second kappa shape index (κ2) is 7.34. The molecule has 2 aromatic rings. The van der Waals surface area contributed by atoms with E-state index in [1.807, 2.05) is 61.5 Å². The normalized spacial score (nSPS) is 12.4. The van der Waals surface area contributed by atoms with Crippen LogP contribution in [0.3, 0.4) is 0 Å². The maximum atomic E-state index is 11.8. The van der Waals surface area contributed by atoms with Crippen molar-refractivity contribution in [1.29, 1.82) is 0 Å². The lowest BCUT2D eigenvalue weighted by atomic mass is 10.1. The predicted octanol–water partition coefficient (Wildman–Crippen LogP) is 3.95. The number of allylic oxidation sites excluding steroid dienone is 1. The van der Waals surface area contributed by atoms with Crippen LogP contribution < -0.4 is 5.32 Å². The van der Waals surface area contributed by atoms with Crippen LogP contribution in [0.2, 0.25) is 0 Å². The maximum absolute atomic E-state index is 11.8. The van der Waals surface area contributed by atoms with Crippen LogP contribution in [0.15, 0.2) is 59.2 Å². The van der Waals surface area contributed by atoms with Crippen LogP contribution in [0.5, 0.6) is 0 Å². The molecule has 0 fully saturated rings. The van der Waals surface area contributed by atoms with Gasteiger partial charge in [-0.3, -0.25) is 4.79 Å². The van der Waals surface area contributed by atoms with Crippen molar-refractivity contribution in [2.24, 2.45) is 0 Å². The monoisotopic (exact) mass is 269 g/mol. The van der Waals surface area contributed by atoms with E-state index in [4.69, 9.17) is 4.42 Å². The molecule has 0 aliphatic carbocycles. The third kappa shape index (κ3) is 4.43. The summed E-state index contributed by atoms with van der Waals surface area (Å²) in [6.07, 6.45) is 6.65. The van der Waals surface area contributed by atoms with Gasteiger partial charge in [0, 0.05) is 6.42 Å². The first-order valence-corrected chi connectivity index (χ1v) is 6.80. The molecule has 1 N–H and O–H groups in total. The summed E-state index contributed by atoms with van der Waals surface area (Å²) in [4.78, 5) is 11.8. The van der Waals surface area contributed by atoms with Gasteiger partial charge in [0.2, 0.25) is 5.91 Å². The minimum Gasteiger partial charge on any atom is -0.465 e. The molecule has 104 valence electrons. The van der Waals surface area contributed by atoms with Crippen molar-refractivity contribution < 1.29 is 9.21 Å². The Morgan fingerprint density at radius 1 is 1.25 bits per heavy atom. The highest BCUT2D eigenvalue weighted by atomic mass is 16.3. The second-order valence-corrected chi connectivity index (χ2v) is 4.66. The van der Waals surface area contributed by atoms with Crippen LogP contribution in [-0.4, -0.2) is 5.91 Å². The third-order valence-corrected chi connectivity index (χ3v) is 3.04. The Kier molecular flexibility index (Phi) is 5.18. The summed E-state index contributed by atoms with van der Waals surface area (Å²) in [7, 11) is 0. The van der Waals surface area contributed by atoms with Gasteiger partial charge in [-0.2, -0.15) is 0 Å². The van der Waals surface area contributed by atoms with E-state index >= 15 is 0 Å². The van der Waals surface area contributed by atoms with E-state index in [2.05, 4.69) is 5.32 Å². The summed E-state index contributed by atoms with van der Waals surface area (Å²) < 4.78 is 5.18. The molecule has 1 unspecified atom stereocenters. The summed E-state index contributed by atoms with van der Waals surface area (Å²) in [5, 5.41) is 2.99. The molecule has 0 saturated heterocycles. The number of hydrogen-bond acceptors (Lipinski definition) is 2. The van der Waals surface area contributed by atoms with Crippen molar-refractivity contribution in [3.05, 3.63) is 66.1 Å². The molecule has 2 rings (SSSR count). The molecule has 1 atom stereocenters. The van der Waals surface area contributed by atoms with Crippen LogP contribution in [-0.2, 0) is 4.79 Å². The van der Waals surface area contributed by atoms with Crippen LogP contribution in [0, 0.1) is 0 Å². The second-order valence-electron chi connectivity index (χ2n) is 4.66. The van der Waals surface area contributed by atoms with Gasteiger partial charge < -0.3 is 9.73 Å². The van der Waals surface area contributed by atoms with Gasteiger partial charge in [0.05, 0.1) is 12.3 Å². The van der Waals surface area contributed by atoms with Crippen LogP contribution in [0.25, 0.3) is 6.08 Å². The summed E-state index contributed by atoms with van der Waals surface area (Å²) in [6.45, 7) is 1.99. The molecule has 1 heterocycles. The molecule has 0 bridgehead atoms. The number of carbonyl (C=O) groups excluding carboxylic acids is 1. The largest absolute Gasteiger partial charge is 0.465 e. The predicted molar refractivity (Wildman–Crippen MR) is 80.0 cm³/mol. The zero-order valence-corrected chi connectivity index (χ0v) is 11.6. The molecular weight excluding hydrogens is 250 g/mol. The van der Waals surface area contributed by atoms with Crippen LogP contribution in [0.1, 0.15) is 37.1 Å². The number of hydrogen-bond donors (Lipinski definition) is 1. The van der Waals surface area contributed by atoms with Gasteiger partial charge in [0.25, 0.3) is 0 Å². The average Bonchev–Trinajstić information content (AvgIpc) is 2.98. The topological polar surface area (TPSA) is 42.2 Å². The van der Waals surface area contributed by atoms with Gasteiger partial charge in [-0.25, -0.2) is 0 Å². The SMILES string of the molecule is CC(NC(=O)CC/C=C\c1ccco1)c1ccccc1. The lowest BCUT2D eigenvalue weighted by molar-refractivity contribution is -0.121. The van der Waals surface area contributed by atoms with Crippen LogP contribution >= 0.6 is 0 Å². The zero-order chi connectivity index (χ0) is 14.2. The van der Waals surface area contributed by atoms with Gasteiger partial charge in [-0.1, -0.05) is 36.4 Å². The molecule has 20 heavy (non-hydrogen) atoms. The smallest absolute Gasteiger partial charge is 0.220 e. The number of rotatable bonds is 6. The van der Waals surface area contributed by atoms with Gasteiger partial charge in [-0.15, -0.1) is 0 Å². The van der Waals surface area contributed by atoms with E-state index in [1.54, 1.807) is 6.26 Å². The molecule has 3 nitrogen and oxygen atoms in total. The molecule has 1 amide bonds. The Bertz CT molecular complexity index is 544. The first kappa shape index (κ1) is 14.1. The maximum Gasteiger partial charge on any atom is 0.220 e. The summed E-state index contributed by atoms with van der Waals surface area (Å²) in [6, 6.07) is 13.7. The molecule has 0 saturated carbocycles. The molecule has 0 aliphatic heterocycles. The van der Waals surface area contributed by atoms with Crippen molar-refractivity contribution >= 4 is 12.0 Å². The Morgan fingerprint density at radius 3 is 2.75 bits per heavy atom. The molecule has 0 aliphatic rings. The van der Waals surface area contributed by atoms with Gasteiger partial charge in [0.1, 0.15) is 5.76 Å². The number of furan rings is 1. The number of nitrogens with one attached hydrogen (secondary N) is 1.